The largest absolute Gasteiger partial charge is 0.493 e. The van der Waals surface area contributed by atoms with Crippen molar-refractivity contribution in [1.82, 2.24) is 4.90 Å². The molecule has 1 aliphatic heterocycles. The first-order valence-electron chi connectivity index (χ1n) is 12.2. The standard InChI is InChI=1S/C31H29NO5/c1-6-13-36-23-12-11-22(16-24(23)35-5)28-27-29(33)26-20(4)14-19(3)15-25(26)37-30(27)31(34)32(28)17-21-9-7-18(2)8-10-21/h6-12,14-16,28H,1,13,17H2,2-5H3. The van der Waals surface area contributed by atoms with Crippen LogP contribution < -0.4 is 14.9 Å². The molecule has 0 bridgehead atoms. The highest BCUT2D eigenvalue weighted by Gasteiger charge is 2.43. The van der Waals surface area contributed by atoms with Crippen LogP contribution in [0.15, 0.2) is 76.5 Å². The molecule has 0 saturated carbocycles. The molecule has 0 N–H and O–H groups in total. The summed E-state index contributed by atoms with van der Waals surface area (Å²) in [6.07, 6.45) is 1.66. The Labute approximate surface area is 215 Å². The lowest BCUT2D eigenvalue weighted by molar-refractivity contribution is 0.0714. The number of benzene rings is 3. The molecule has 5 rings (SSSR count). The summed E-state index contributed by atoms with van der Waals surface area (Å²) < 4.78 is 17.5. The molecule has 0 aliphatic carbocycles. The van der Waals surface area contributed by atoms with E-state index in [1.807, 2.05) is 69.3 Å². The van der Waals surface area contributed by atoms with Crippen LogP contribution in [-0.2, 0) is 6.54 Å². The maximum atomic E-state index is 14.0. The third-order valence-corrected chi connectivity index (χ3v) is 6.75. The number of fused-ring (bicyclic) bond motifs is 2. The van der Waals surface area contributed by atoms with Crippen LogP contribution in [0.2, 0.25) is 0 Å². The van der Waals surface area contributed by atoms with Crippen molar-refractivity contribution < 1.29 is 18.7 Å². The molecule has 1 aliphatic rings. The van der Waals surface area contributed by atoms with Crippen LogP contribution in [0, 0.1) is 20.8 Å². The maximum absolute atomic E-state index is 14.0. The zero-order chi connectivity index (χ0) is 26.3. The van der Waals surface area contributed by atoms with Crippen molar-refractivity contribution in [2.24, 2.45) is 0 Å². The van der Waals surface area contributed by atoms with Gasteiger partial charge in [-0.15, -0.1) is 0 Å². The van der Waals surface area contributed by atoms with Crippen molar-refractivity contribution >= 4 is 16.9 Å². The number of carbonyl (C=O) groups is 1. The third-order valence-electron chi connectivity index (χ3n) is 6.75. The fourth-order valence-corrected chi connectivity index (χ4v) is 5.04. The van der Waals surface area contributed by atoms with Gasteiger partial charge in [-0.3, -0.25) is 9.59 Å². The summed E-state index contributed by atoms with van der Waals surface area (Å²) in [6, 6.07) is 16.6. The number of aryl methyl sites for hydroxylation is 3. The highest BCUT2D eigenvalue weighted by Crippen LogP contribution is 2.42. The number of methoxy groups -OCH3 is 1. The second-order valence-electron chi connectivity index (χ2n) is 9.46. The van der Waals surface area contributed by atoms with Crippen LogP contribution in [0.3, 0.4) is 0 Å². The van der Waals surface area contributed by atoms with Gasteiger partial charge in [0.2, 0.25) is 5.76 Å². The molecule has 0 fully saturated rings. The SMILES string of the molecule is C=CCOc1ccc(C2c3c(oc4cc(C)cc(C)c4c3=O)C(=O)N2Cc2ccc(C)cc2)cc1OC. The number of carbonyl (C=O) groups excluding carboxylic acids is 1. The molecule has 1 atom stereocenters. The van der Waals surface area contributed by atoms with Crippen molar-refractivity contribution in [2.75, 3.05) is 13.7 Å². The lowest BCUT2D eigenvalue weighted by atomic mass is 9.96. The van der Waals surface area contributed by atoms with E-state index in [9.17, 15) is 9.59 Å². The number of hydrogen-bond acceptors (Lipinski definition) is 5. The van der Waals surface area contributed by atoms with Crippen LogP contribution in [0.25, 0.3) is 11.0 Å². The second-order valence-corrected chi connectivity index (χ2v) is 9.46. The van der Waals surface area contributed by atoms with Crippen molar-refractivity contribution in [2.45, 2.75) is 33.4 Å². The van der Waals surface area contributed by atoms with E-state index >= 15 is 0 Å². The van der Waals surface area contributed by atoms with Gasteiger partial charge in [-0.2, -0.15) is 0 Å². The van der Waals surface area contributed by atoms with Gasteiger partial charge >= 0.3 is 0 Å². The predicted molar refractivity (Wildman–Crippen MR) is 144 cm³/mol. The van der Waals surface area contributed by atoms with Gasteiger partial charge in [0.15, 0.2) is 16.9 Å². The molecule has 1 aromatic heterocycles. The zero-order valence-electron chi connectivity index (χ0n) is 21.5. The Bertz CT molecular complexity index is 1580. The van der Waals surface area contributed by atoms with E-state index in [-0.39, 0.29) is 17.1 Å². The maximum Gasteiger partial charge on any atom is 0.291 e. The minimum Gasteiger partial charge on any atom is -0.493 e. The minimum absolute atomic E-state index is 0.0885. The Morgan fingerprint density at radius 3 is 2.43 bits per heavy atom. The lowest BCUT2D eigenvalue weighted by Crippen LogP contribution is -2.29. The fourth-order valence-electron chi connectivity index (χ4n) is 5.04. The first-order chi connectivity index (χ1) is 17.8. The van der Waals surface area contributed by atoms with Gasteiger partial charge in [-0.1, -0.05) is 54.6 Å². The van der Waals surface area contributed by atoms with E-state index in [2.05, 4.69) is 6.58 Å². The molecule has 4 aromatic rings. The van der Waals surface area contributed by atoms with Crippen LogP contribution >= 0.6 is 0 Å². The molecular weight excluding hydrogens is 466 g/mol. The Kier molecular flexibility index (Phi) is 6.34. The summed E-state index contributed by atoms with van der Waals surface area (Å²) in [5, 5.41) is 0.497. The first-order valence-corrected chi connectivity index (χ1v) is 12.2. The number of ether oxygens (including phenoxy) is 2. The number of hydrogen-bond donors (Lipinski definition) is 0. The summed E-state index contributed by atoms with van der Waals surface area (Å²) in [4.78, 5) is 29.5. The smallest absolute Gasteiger partial charge is 0.291 e. The van der Waals surface area contributed by atoms with E-state index < -0.39 is 6.04 Å². The van der Waals surface area contributed by atoms with Gasteiger partial charge in [0.05, 0.1) is 24.1 Å². The molecular formula is C31H29NO5. The average Bonchev–Trinajstić information content (AvgIpc) is 3.15. The van der Waals surface area contributed by atoms with E-state index in [1.165, 1.54) is 0 Å². The van der Waals surface area contributed by atoms with Gasteiger partial charge in [0.25, 0.3) is 5.91 Å². The van der Waals surface area contributed by atoms with E-state index in [4.69, 9.17) is 13.9 Å². The quantitative estimate of drug-likeness (QED) is 0.293. The lowest BCUT2D eigenvalue weighted by Gasteiger charge is -2.26. The molecule has 1 amide bonds. The van der Waals surface area contributed by atoms with Crippen LogP contribution in [-0.4, -0.2) is 24.5 Å². The number of nitrogens with zero attached hydrogens (tertiary/aromatic N) is 1. The monoisotopic (exact) mass is 495 g/mol. The summed E-state index contributed by atoms with van der Waals surface area (Å²) in [6.45, 7) is 10.2. The normalized spacial score (nSPS) is 14.6. The molecule has 6 heteroatoms. The highest BCUT2D eigenvalue weighted by atomic mass is 16.5. The first kappa shape index (κ1) is 24.4. The summed E-state index contributed by atoms with van der Waals surface area (Å²) in [5.74, 6) is 0.834. The molecule has 0 saturated heterocycles. The predicted octanol–water partition coefficient (Wildman–Crippen LogP) is 6.04. The Balaban J connectivity index is 1.72. The zero-order valence-corrected chi connectivity index (χ0v) is 21.5. The van der Waals surface area contributed by atoms with E-state index in [1.54, 1.807) is 24.2 Å². The topological polar surface area (TPSA) is 69.0 Å². The van der Waals surface area contributed by atoms with Gasteiger partial charge in [-0.25, -0.2) is 0 Å². The van der Waals surface area contributed by atoms with Crippen LogP contribution in [0.1, 0.15) is 50.0 Å². The summed E-state index contributed by atoms with van der Waals surface area (Å²) in [5.41, 5.74) is 5.19. The van der Waals surface area contributed by atoms with Crippen molar-refractivity contribution in [1.29, 1.82) is 0 Å². The van der Waals surface area contributed by atoms with Gasteiger partial charge in [-0.05, 0) is 61.2 Å². The van der Waals surface area contributed by atoms with E-state index in [0.717, 1.165) is 27.8 Å². The molecule has 188 valence electrons. The summed E-state index contributed by atoms with van der Waals surface area (Å²) >= 11 is 0. The average molecular weight is 496 g/mol. The van der Waals surface area contributed by atoms with Gasteiger partial charge < -0.3 is 18.8 Å². The molecule has 3 aromatic carbocycles. The molecule has 2 heterocycles. The van der Waals surface area contributed by atoms with Gasteiger partial charge in [0.1, 0.15) is 12.2 Å². The van der Waals surface area contributed by atoms with E-state index in [0.29, 0.717) is 41.2 Å². The Hall–Kier alpha value is -4.32. The molecule has 0 radical (unpaired) electrons. The second kappa shape index (κ2) is 9.62. The number of amides is 1. The van der Waals surface area contributed by atoms with Crippen molar-refractivity contribution in [3.05, 3.63) is 117 Å². The fraction of sp³-hybridized carbons (Fsp3) is 0.226. The summed E-state index contributed by atoms with van der Waals surface area (Å²) in [7, 11) is 1.56. The molecule has 6 nitrogen and oxygen atoms in total. The number of rotatable bonds is 7. The third kappa shape index (κ3) is 4.29. The van der Waals surface area contributed by atoms with Crippen LogP contribution in [0.4, 0.5) is 0 Å². The van der Waals surface area contributed by atoms with Crippen molar-refractivity contribution in [3.63, 3.8) is 0 Å². The van der Waals surface area contributed by atoms with Gasteiger partial charge in [0, 0.05) is 6.54 Å². The highest BCUT2D eigenvalue weighted by molar-refractivity contribution is 5.99. The molecule has 1 unspecified atom stereocenters. The molecule has 37 heavy (non-hydrogen) atoms. The molecule has 0 spiro atoms. The Morgan fingerprint density at radius 1 is 0.973 bits per heavy atom. The van der Waals surface area contributed by atoms with Crippen molar-refractivity contribution in [3.8, 4) is 11.5 Å². The van der Waals surface area contributed by atoms with Crippen LogP contribution in [0.5, 0.6) is 11.5 Å². The Morgan fingerprint density at radius 2 is 1.73 bits per heavy atom. The minimum atomic E-state index is -0.646.